The summed E-state index contributed by atoms with van der Waals surface area (Å²) in [5.74, 6) is -0.723. The van der Waals surface area contributed by atoms with E-state index in [-0.39, 0.29) is 17.2 Å². The number of carbonyl (C=O) groups excluding carboxylic acids is 1. The molecule has 0 unspecified atom stereocenters. The molecule has 112 valence electrons. The van der Waals surface area contributed by atoms with Gasteiger partial charge in [0.1, 0.15) is 5.75 Å². The monoisotopic (exact) mass is 379 g/mol. The van der Waals surface area contributed by atoms with E-state index in [1.165, 1.54) is 23.5 Å². The zero-order valence-electron chi connectivity index (χ0n) is 10.4. The van der Waals surface area contributed by atoms with Crippen molar-refractivity contribution in [2.75, 3.05) is 0 Å². The van der Waals surface area contributed by atoms with Crippen LogP contribution in [0.1, 0.15) is 15.2 Å². The Morgan fingerprint density at radius 2 is 1.95 bits per heavy atom. The van der Waals surface area contributed by atoms with E-state index in [0.717, 1.165) is 21.5 Å². The van der Waals surface area contributed by atoms with Gasteiger partial charge in [-0.25, -0.2) is 0 Å². The number of hydrogen-bond acceptors (Lipinski definition) is 3. The summed E-state index contributed by atoms with van der Waals surface area (Å²) in [5, 5.41) is 4.58. The first kappa shape index (κ1) is 15.8. The zero-order chi connectivity index (χ0) is 15.5. The molecule has 0 radical (unpaired) electrons. The molecule has 1 heterocycles. The molecule has 1 aromatic heterocycles. The third kappa shape index (κ3) is 5.05. The van der Waals surface area contributed by atoms with E-state index in [1.807, 2.05) is 11.4 Å². The summed E-state index contributed by atoms with van der Waals surface area (Å²) < 4.78 is 40.7. The molecule has 2 aromatic rings. The van der Waals surface area contributed by atoms with E-state index in [4.69, 9.17) is 0 Å². The number of benzene rings is 1. The fourth-order valence-electron chi connectivity index (χ4n) is 1.52. The number of carbonyl (C=O) groups is 1. The van der Waals surface area contributed by atoms with Crippen molar-refractivity contribution in [1.29, 1.82) is 0 Å². The van der Waals surface area contributed by atoms with Crippen LogP contribution in [0.15, 0.2) is 40.2 Å². The molecule has 0 spiro atoms. The second-order valence-corrected chi connectivity index (χ2v) is 5.90. The number of thiophene rings is 1. The molecule has 0 bridgehead atoms. The molecular weight excluding hydrogens is 371 g/mol. The predicted molar refractivity (Wildman–Crippen MR) is 76.3 cm³/mol. The van der Waals surface area contributed by atoms with Crippen molar-refractivity contribution in [2.24, 2.45) is 0 Å². The van der Waals surface area contributed by atoms with Gasteiger partial charge < -0.3 is 10.1 Å². The highest BCUT2D eigenvalue weighted by atomic mass is 79.9. The molecule has 8 heteroatoms. The standard InChI is InChI=1S/C13H9BrF3NO2S/c14-9-5-11(21-7-9)6-18-12(19)8-1-3-10(4-2-8)20-13(15,16)17/h1-5,7H,6H2,(H,18,19). The molecule has 3 nitrogen and oxygen atoms in total. The van der Waals surface area contributed by atoms with E-state index in [9.17, 15) is 18.0 Å². The predicted octanol–water partition coefficient (Wildman–Crippen LogP) is 4.34. The van der Waals surface area contributed by atoms with Gasteiger partial charge in [0, 0.05) is 20.3 Å². The largest absolute Gasteiger partial charge is 0.573 e. The van der Waals surface area contributed by atoms with Crippen molar-refractivity contribution in [3.05, 3.63) is 50.6 Å². The highest BCUT2D eigenvalue weighted by Gasteiger charge is 2.31. The van der Waals surface area contributed by atoms with Crippen LogP contribution in [-0.4, -0.2) is 12.3 Å². The van der Waals surface area contributed by atoms with Gasteiger partial charge in [0.25, 0.3) is 5.91 Å². The van der Waals surface area contributed by atoms with Crippen molar-refractivity contribution < 1.29 is 22.7 Å². The average molecular weight is 380 g/mol. The van der Waals surface area contributed by atoms with Gasteiger partial charge in [-0.05, 0) is 46.3 Å². The first-order valence-corrected chi connectivity index (χ1v) is 7.38. The van der Waals surface area contributed by atoms with Gasteiger partial charge in [0.05, 0.1) is 6.54 Å². The summed E-state index contributed by atoms with van der Waals surface area (Å²) in [6.45, 7) is 0.357. The number of rotatable bonds is 4. The Morgan fingerprint density at radius 1 is 1.29 bits per heavy atom. The number of hydrogen-bond donors (Lipinski definition) is 1. The van der Waals surface area contributed by atoms with Crippen LogP contribution in [0.25, 0.3) is 0 Å². The van der Waals surface area contributed by atoms with Crippen molar-refractivity contribution in [3.8, 4) is 5.75 Å². The topological polar surface area (TPSA) is 38.3 Å². The minimum atomic E-state index is -4.74. The molecule has 0 aliphatic heterocycles. The lowest BCUT2D eigenvalue weighted by atomic mass is 10.2. The van der Waals surface area contributed by atoms with Crippen LogP contribution in [0.2, 0.25) is 0 Å². The van der Waals surface area contributed by atoms with Gasteiger partial charge in [0.15, 0.2) is 0 Å². The van der Waals surface area contributed by atoms with Crippen LogP contribution in [0, 0.1) is 0 Å². The first-order chi connectivity index (χ1) is 9.83. The van der Waals surface area contributed by atoms with Crippen LogP contribution >= 0.6 is 27.3 Å². The fourth-order valence-corrected chi connectivity index (χ4v) is 2.91. The van der Waals surface area contributed by atoms with Crippen molar-refractivity contribution in [3.63, 3.8) is 0 Å². The van der Waals surface area contributed by atoms with Crippen LogP contribution in [0.5, 0.6) is 5.75 Å². The van der Waals surface area contributed by atoms with E-state index in [2.05, 4.69) is 26.0 Å². The smallest absolute Gasteiger partial charge is 0.406 e. The molecule has 2 rings (SSSR count). The Labute approximate surface area is 130 Å². The highest BCUT2D eigenvalue weighted by molar-refractivity contribution is 9.10. The Balaban J connectivity index is 1.93. The second-order valence-electron chi connectivity index (χ2n) is 3.99. The maximum Gasteiger partial charge on any atom is 0.573 e. The molecule has 0 saturated heterocycles. The molecule has 0 saturated carbocycles. The maximum absolute atomic E-state index is 12.0. The van der Waals surface area contributed by atoms with Gasteiger partial charge in [-0.2, -0.15) is 0 Å². The van der Waals surface area contributed by atoms with Crippen molar-refractivity contribution in [2.45, 2.75) is 12.9 Å². The maximum atomic E-state index is 12.0. The summed E-state index contributed by atoms with van der Waals surface area (Å²) in [4.78, 5) is 12.8. The molecular formula is C13H9BrF3NO2S. The minimum Gasteiger partial charge on any atom is -0.406 e. The molecule has 0 aliphatic carbocycles. The normalized spacial score (nSPS) is 11.2. The van der Waals surface area contributed by atoms with Gasteiger partial charge in [-0.15, -0.1) is 24.5 Å². The molecule has 1 aromatic carbocycles. The zero-order valence-corrected chi connectivity index (χ0v) is 12.8. The minimum absolute atomic E-state index is 0.264. The number of nitrogens with one attached hydrogen (secondary N) is 1. The summed E-state index contributed by atoms with van der Waals surface area (Å²) in [5.41, 5.74) is 0.264. The van der Waals surface area contributed by atoms with Crippen LogP contribution in [0.3, 0.4) is 0 Å². The van der Waals surface area contributed by atoms with Gasteiger partial charge in [0.2, 0.25) is 0 Å². The van der Waals surface area contributed by atoms with E-state index < -0.39 is 6.36 Å². The number of ether oxygens (including phenoxy) is 1. The van der Waals surface area contributed by atoms with Crippen molar-refractivity contribution in [1.82, 2.24) is 5.32 Å². The van der Waals surface area contributed by atoms with E-state index >= 15 is 0 Å². The van der Waals surface area contributed by atoms with Gasteiger partial charge in [-0.3, -0.25) is 4.79 Å². The number of amides is 1. The second kappa shape index (κ2) is 6.48. The lowest BCUT2D eigenvalue weighted by Gasteiger charge is -2.09. The van der Waals surface area contributed by atoms with Crippen LogP contribution < -0.4 is 10.1 Å². The number of alkyl halides is 3. The van der Waals surface area contributed by atoms with Crippen LogP contribution in [-0.2, 0) is 6.54 Å². The Kier molecular flexibility index (Phi) is 4.89. The molecule has 0 aliphatic rings. The van der Waals surface area contributed by atoms with E-state index in [0.29, 0.717) is 6.54 Å². The van der Waals surface area contributed by atoms with Crippen molar-refractivity contribution >= 4 is 33.2 Å². The highest BCUT2D eigenvalue weighted by Crippen LogP contribution is 2.23. The van der Waals surface area contributed by atoms with E-state index in [1.54, 1.807) is 0 Å². The van der Waals surface area contributed by atoms with Gasteiger partial charge in [-0.1, -0.05) is 0 Å². The van der Waals surface area contributed by atoms with Gasteiger partial charge >= 0.3 is 6.36 Å². The summed E-state index contributed by atoms with van der Waals surface area (Å²) in [6, 6.07) is 6.64. The molecule has 0 atom stereocenters. The SMILES string of the molecule is O=C(NCc1cc(Br)cs1)c1ccc(OC(F)(F)F)cc1. The fraction of sp³-hybridized carbons (Fsp3) is 0.154. The quantitative estimate of drug-likeness (QED) is 0.857. The lowest BCUT2D eigenvalue weighted by molar-refractivity contribution is -0.274. The number of halogens is 4. The molecule has 0 fully saturated rings. The Hall–Kier alpha value is -1.54. The third-order valence-corrected chi connectivity index (χ3v) is 4.09. The van der Waals surface area contributed by atoms with Crippen LogP contribution in [0.4, 0.5) is 13.2 Å². The summed E-state index contributed by atoms with van der Waals surface area (Å²) in [7, 11) is 0. The average Bonchev–Trinajstić information content (AvgIpc) is 2.81. The molecule has 1 amide bonds. The first-order valence-electron chi connectivity index (χ1n) is 5.70. The lowest BCUT2D eigenvalue weighted by Crippen LogP contribution is -2.22. The molecule has 1 N–H and O–H groups in total. The third-order valence-electron chi connectivity index (χ3n) is 2.40. The summed E-state index contributed by atoms with van der Waals surface area (Å²) in [6.07, 6.45) is -4.74. The Bertz CT molecular complexity index is 625. The Morgan fingerprint density at radius 3 is 2.48 bits per heavy atom. The summed E-state index contributed by atoms with van der Waals surface area (Å²) >= 11 is 4.80. The molecule has 21 heavy (non-hydrogen) atoms.